The summed E-state index contributed by atoms with van der Waals surface area (Å²) in [6.45, 7) is 0.937. The van der Waals surface area contributed by atoms with Gasteiger partial charge in [0.25, 0.3) is 0 Å². The fraction of sp³-hybridized carbons (Fsp3) is 0.214. The minimum absolute atomic E-state index is 0.937. The van der Waals surface area contributed by atoms with Crippen LogP contribution in [0, 0.1) is 0 Å². The Labute approximate surface area is 102 Å². The third kappa shape index (κ3) is 3.21. The molecule has 0 saturated carbocycles. The molecule has 1 heterocycles. The molecule has 0 amide bonds. The molecule has 0 bridgehead atoms. The highest BCUT2D eigenvalue weighted by atomic mass is 15.4. The fourth-order valence-electron chi connectivity index (χ4n) is 1.55. The van der Waals surface area contributed by atoms with Crippen LogP contribution in [0.25, 0.3) is 0 Å². The Morgan fingerprint density at radius 2 is 2.06 bits per heavy atom. The van der Waals surface area contributed by atoms with Gasteiger partial charge in [-0.15, -0.1) is 0 Å². The van der Waals surface area contributed by atoms with E-state index in [0.717, 1.165) is 17.8 Å². The van der Waals surface area contributed by atoms with Crippen LogP contribution in [0.1, 0.15) is 0 Å². The maximum absolute atomic E-state index is 4.41. The summed E-state index contributed by atoms with van der Waals surface area (Å²) < 4.78 is 0. The number of rotatable bonds is 3. The van der Waals surface area contributed by atoms with E-state index in [0.29, 0.717) is 0 Å². The monoisotopic (exact) mass is 227 g/mol. The molecule has 17 heavy (non-hydrogen) atoms. The second-order valence-corrected chi connectivity index (χ2v) is 4.06. The van der Waals surface area contributed by atoms with Crippen molar-refractivity contribution in [1.29, 1.82) is 0 Å². The Kier molecular flexibility index (Phi) is 3.60. The summed E-state index contributed by atoms with van der Waals surface area (Å²) in [4.78, 5) is 2.12. The summed E-state index contributed by atoms with van der Waals surface area (Å²) >= 11 is 0. The Bertz CT molecular complexity index is 446. The fourth-order valence-corrected chi connectivity index (χ4v) is 1.55. The number of para-hydroxylation sites is 1. The number of anilines is 1. The van der Waals surface area contributed by atoms with E-state index in [4.69, 9.17) is 0 Å². The molecule has 1 aliphatic heterocycles. The predicted molar refractivity (Wildman–Crippen MR) is 73.2 cm³/mol. The van der Waals surface area contributed by atoms with E-state index in [2.05, 4.69) is 35.4 Å². The SMILES string of the molecule is CN1C=CC(C=NN(C)c2ccccc2)=CC1. The Morgan fingerprint density at radius 1 is 1.29 bits per heavy atom. The van der Waals surface area contributed by atoms with Crippen LogP contribution in [-0.2, 0) is 0 Å². The standard InChI is InChI=1S/C14H17N3/c1-16-10-8-13(9-11-16)12-15-17(2)14-6-4-3-5-7-14/h3-10,12H,11H2,1-2H3. The first kappa shape index (κ1) is 11.5. The number of allylic oxidation sites excluding steroid dienone is 2. The molecule has 1 aliphatic rings. The lowest BCUT2D eigenvalue weighted by molar-refractivity contribution is 0.504. The van der Waals surface area contributed by atoms with Gasteiger partial charge in [-0.05, 0) is 30.0 Å². The molecule has 0 aromatic heterocycles. The van der Waals surface area contributed by atoms with Crippen molar-refractivity contribution >= 4 is 11.9 Å². The Hall–Kier alpha value is -2.03. The van der Waals surface area contributed by atoms with Crippen LogP contribution in [0.5, 0.6) is 0 Å². The second kappa shape index (κ2) is 5.34. The number of hydrazone groups is 1. The highest BCUT2D eigenvalue weighted by molar-refractivity contribution is 5.83. The molecule has 0 unspecified atom stereocenters. The van der Waals surface area contributed by atoms with Crippen LogP contribution >= 0.6 is 0 Å². The molecule has 1 aromatic rings. The van der Waals surface area contributed by atoms with Gasteiger partial charge >= 0.3 is 0 Å². The van der Waals surface area contributed by atoms with E-state index in [9.17, 15) is 0 Å². The van der Waals surface area contributed by atoms with E-state index >= 15 is 0 Å². The maximum atomic E-state index is 4.41. The van der Waals surface area contributed by atoms with Crippen LogP contribution in [0.3, 0.4) is 0 Å². The molecular formula is C14H17N3. The normalized spacial score (nSPS) is 15.2. The number of hydrogen-bond donors (Lipinski definition) is 0. The molecule has 1 aromatic carbocycles. The lowest BCUT2D eigenvalue weighted by atomic mass is 10.2. The summed E-state index contributed by atoms with van der Waals surface area (Å²) in [5.74, 6) is 0. The molecule has 0 fully saturated rings. The molecule has 0 spiro atoms. The first-order chi connectivity index (χ1) is 8.25. The minimum atomic E-state index is 0.937. The maximum Gasteiger partial charge on any atom is 0.0590 e. The van der Waals surface area contributed by atoms with E-state index < -0.39 is 0 Å². The summed E-state index contributed by atoms with van der Waals surface area (Å²) in [6.07, 6.45) is 8.16. The van der Waals surface area contributed by atoms with Crippen molar-refractivity contribution in [2.24, 2.45) is 5.10 Å². The highest BCUT2D eigenvalue weighted by Gasteiger charge is 1.99. The average Bonchev–Trinajstić information content (AvgIpc) is 2.39. The summed E-state index contributed by atoms with van der Waals surface area (Å²) in [7, 11) is 4.00. The van der Waals surface area contributed by atoms with E-state index in [-0.39, 0.29) is 0 Å². The molecule has 0 N–H and O–H groups in total. The van der Waals surface area contributed by atoms with Gasteiger partial charge in [0.05, 0.1) is 11.9 Å². The molecule has 2 rings (SSSR count). The van der Waals surface area contributed by atoms with Gasteiger partial charge in [0.2, 0.25) is 0 Å². The zero-order valence-electron chi connectivity index (χ0n) is 10.2. The van der Waals surface area contributed by atoms with Gasteiger partial charge in [0, 0.05) is 20.6 Å². The number of benzene rings is 1. The van der Waals surface area contributed by atoms with Crippen LogP contribution in [0.4, 0.5) is 5.69 Å². The van der Waals surface area contributed by atoms with Gasteiger partial charge in [-0.3, -0.25) is 5.01 Å². The summed E-state index contributed by atoms with van der Waals surface area (Å²) in [5.41, 5.74) is 2.23. The zero-order valence-corrected chi connectivity index (χ0v) is 10.2. The van der Waals surface area contributed by atoms with E-state index in [1.807, 2.05) is 48.6 Å². The minimum Gasteiger partial charge on any atom is -0.377 e. The van der Waals surface area contributed by atoms with Gasteiger partial charge < -0.3 is 4.90 Å². The Morgan fingerprint density at radius 3 is 2.71 bits per heavy atom. The quantitative estimate of drug-likeness (QED) is 0.583. The summed E-state index contributed by atoms with van der Waals surface area (Å²) in [5, 5.41) is 6.28. The third-order valence-electron chi connectivity index (χ3n) is 2.65. The largest absolute Gasteiger partial charge is 0.377 e. The van der Waals surface area contributed by atoms with Crippen LogP contribution in [0.2, 0.25) is 0 Å². The van der Waals surface area contributed by atoms with Crippen LogP contribution in [0.15, 0.2) is 59.4 Å². The van der Waals surface area contributed by atoms with Gasteiger partial charge in [-0.25, -0.2) is 0 Å². The van der Waals surface area contributed by atoms with Crippen molar-refractivity contribution in [3.05, 3.63) is 54.3 Å². The van der Waals surface area contributed by atoms with Gasteiger partial charge in [0.1, 0.15) is 0 Å². The van der Waals surface area contributed by atoms with Crippen molar-refractivity contribution < 1.29 is 0 Å². The molecule has 3 nitrogen and oxygen atoms in total. The van der Waals surface area contributed by atoms with Gasteiger partial charge in [-0.1, -0.05) is 24.3 Å². The highest BCUT2D eigenvalue weighted by Crippen LogP contribution is 2.11. The molecule has 0 atom stereocenters. The predicted octanol–water partition coefficient (Wildman–Crippen LogP) is 2.49. The Balaban J connectivity index is 2.00. The first-order valence-corrected chi connectivity index (χ1v) is 5.67. The van der Waals surface area contributed by atoms with Crippen LogP contribution < -0.4 is 5.01 Å². The molecular weight excluding hydrogens is 210 g/mol. The van der Waals surface area contributed by atoms with Crippen molar-refractivity contribution in [3.63, 3.8) is 0 Å². The summed E-state index contributed by atoms with van der Waals surface area (Å²) in [6, 6.07) is 10.1. The topological polar surface area (TPSA) is 18.8 Å². The number of likely N-dealkylation sites (N-methyl/N-ethyl adjacent to an activating group) is 1. The van der Waals surface area contributed by atoms with Crippen molar-refractivity contribution in [1.82, 2.24) is 4.90 Å². The van der Waals surface area contributed by atoms with Crippen molar-refractivity contribution in [2.75, 3.05) is 25.6 Å². The van der Waals surface area contributed by atoms with Crippen LogP contribution in [-0.4, -0.2) is 31.8 Å². The van der Waals surface area contributed by atoms with E-state index in [1.54, 1.807) is 0 Å². The second-order valence-electron chi connectivity index (χ2n) is 4.06. The average molecular weight is 227 g/mol. The number of hydrogen-bond acceptors (Lipinski definition) is 3. The van der Waals surface area contributed by atoms with Gasteiger partial charge in [-0.2, -0.15) is 5.10 Å². The number of nitrogens with zero attached hydrogens (tertiary/aromatic N) is 3. The third-order valence-corrected chi connectivity index (χ3v) is 2.65. The smallest absolute Gasteiger partial charge is 0.0590 e. The van der Waals surface area contributed by atoms with E-state index in [1.165, 1.54) is 0 Å². The molecule has 3 heteroatoms. The molecule has 0 radical (unpaired) electrons. The zero-order chi connectivity index (χ0) is 12.1. The molecule has 0 aliphatic carbocycles. The van der Waals surface area contributed by atoms with Crippen molar-refractivity contribution in [2.45, 2.75) is 0 Å². The first-order valence-electron chi connectivity index (χ1n) is 5.67. The molecule has 88 valence electrons. The molecule has 0 saturated heterocycles. The van der Waals surface area contributed by atoms with Crippen molar-refractivity contribution in [3.8, 4) is 0 Å². The lowest BCUT2D eigenvalue weighted by Crippen LogP contribution is -2.14. The lowest BCUT2D eigenvalue weighted by Gasteiger charge is -2.16. The van der Waals surface area contributed by atoms with Gasteiger partial charge in [0.15, 0.2) is 0 Å².